The predicted octanol–water partition coefficient (Wildman–Crippen LogP) is 20.6. The van der Waals surface area contributed by atoms with Gasteiger partial charge >= 0.3 is 0 Å². The average molecular weight is 1130 g/mol. The van der Waals surface area contributed by atoms with E-state index >= 15 is 0 Å². The highest BCUT2D eigenvalue weighted by atomic mass is 79.9. The minimum absolute atomic E-state index is 1.04. The fraction of sp³-hybridized carbons (Fsp3) is 0.0130. The molecule has 0 radical (unpaired) electrons. The summed E-state index contributed by atoms with van der Waals surface area (Å²) in [5, 5.41) is 10.3. The van der Waals surface area contributed by atoms with E-state index in [2.05, 4.69) is 342 Å². The molecule has 0 unspecified atom stereocenters. The first kappa shape index (κ1) is 48.5. The van der Waals surface area contributed by atoms with Crippen LogP contribution in [0.15, 0.2) is 308 Å². The molecule has 1 aliphatic carbocycles. The van der Waals surface area contributed by atoms with Crippen molar-refractivity contribution in [2.24, 2.45) is 0 Å². The van der Waals surface area contributed by atoms with Gasteiger partial charge in [0.2, 0.25) is 0 Å². The van der Waals surface area contributed by atoms with Crippen LogP contribution in [-0.2, 0) is 6.42 Å². The van der Waals surface area contributed by atoms with Gasteiger partial charge in [-0.2, -0.15) is 0 Å². The lowest BCUT2D eigenvalue weighted by molar-refractivity contribution is 1.13. The molecule has 1 aliphatic rings. The molecule has 392 valence electrons. The summed E-state index contributed by atoms with van der Waals surface area (Å²) in [6.45, 7) is 0. The van der Waals surface area contributed by atoms with E-state index in [9.17, 15) is 0 Å². The van der Waals surface area contributed by atoms with Crippen molar-refractivity contribution in [1.82, 2.24) is 22.8 Å². The van der Waals surface area contributed by atoms with E-state index in [4.69, 9.17) is 0 Å². The van der Waals surface area contributed by atoms with E-state index in [1.54, 1.807) is 0 Å². The SMILES string of the molecule is Brc1cccc(-n2c3ccccc3c3ccccc32)c1.c1ccc(-n2ccc3c2ccc2c4ccccc4n(-c4cccc(-n5c6ccccc6c6ccccc65)c4)c23)cc1.c1ccc(-n2ccc3c4c(ccc32)-c2ccccc2C4)cc1. The van der Waals surface area contributed by atoms with Crippen molar-refractivity contribution in [3.8, 4) is 39.6 Å². The van der Waals surface area contributed by atoms with Gasteiger partial charge in [-0.1, -0.05) is 192 Å². The first-order valence-electron chi connectivity index (χ1n) is 28.3. The maximum Gasteiger partial charge on any atom is 0.0635 e. The molecule has 5 aromatic heterocycles. The zero-order valence-electron chi connectivity index (χ0n) is 45.2. The van der Waals surface area contributed by atoms with Gasteiger partial charge in [-0.05, 0) is 144 Å². The molecule has 0 bridgehead atoms. The third-order valence-corrected chi connectivity index (χ3v) is 17.3. The van der Waals surface area contributed by atoms with E-state index in [-0.39, 0.29) is 0 Å². The van der Waals surface area contributed by atoms with Gasteiger partial charge in [-0.25, -0.2) is 0 Å². The molecule has 0 fully saturated rings. The number of hydrogen-bond acceptors (Lipinski definition) is 0. The van der Waals surface area contributed by atoms with E-state index in [0.717, 1.165) is 28.0 Å². The average Bonchev–Trinajstić information content (AvgIpc) is 2.62. The summed E-state index contributed by atoms with van der Waals surface area (Å²) < 4.78 is 12.8. The van der Waals surface area contributed by atoms with Gasteiger partial charge in [-0.15, -0.1) is 0 Å². The summed E-state index contributed by atoms with van der Waals surface area (Å²) in [6.07, 6.45) is 5.42. The Morgan fingerprint density at radius 3 is 1.22 bits per heavy atom. The lowest BCUT2D eigenvalue weighted by Crippen LogP contribution is -1.99. The molecule has 18 rings (SSSR count). The van der Waals surface area contributed by atoms with Gasteiger partial charge in [0.25, 0.3) is 0 Å². The molecule has 83 heavy (non-hydrogen) atoms. The van der Waals surface area contributed by atoms with Gasteiger partial charge in [-0.3, -0.25) is 0 Å². The van der Waals surface area contributed by atoms with Crippen molar-refractivity contribution in [3.63, 3.8) is 0 Å². The van der Waals surface area contributed by atoms with Gasteiger partial charge < -0.3 is 22.8 Å². The summed E-state index contributed by atoms with van der Waals surface area (Å²) in [5.41, 5.74) is 21.4. The number of fused-ring (bicyclic) bond motifs is 16. The van der Waals surface area contributed by atoms with E-state index in [0.29, 0.717) is 0 Å². The molecule has 0 aliphatic heterocycles. The maximum atomic E-state index is 3.56. The van der Waals surface area contributed by atoms with Crippen LogP contribution in [0, 0.1) is 0 Å². The predicted molar refractivity (Wildman–Crippen MR) is 352 cm³/mol. The van der Waals surface area contributed by atoms with Gasteiger partial charge in [0.1, 0.15) is 0 Å². The van der Waals surface area contributed by atoms with Gasteiger partial charge in [0.15, 0.2) is 0 Å². The fourth-order valence-electron chi connectivity index (χ4n) is 13.2. The number of halogens is 1. The normalized spacial score (nSPS) is 11.9. The van der Waals surface area contributed by atoms with E-state index in [1.807, 2.05) is 0 Å². The quantitative estimate of drug-likeness (QED) is 0.164. The Morgan fingerprint density at radius 1 is 0.253 bits per heavy atom. The zero-order chi connectivity index (χ0) is 55.0. The van der Waals surface area contributed by atoms with Crippen molar-refractivity contribution < 1.29 is 0 Å². The largest absolute Gasteiger partial charge is 0.317 e. The van der Waals surface area contributed by atoms with Crippen molar-refractivity contribution >= 4 is 103 Å². The highest BCUT2D eigenvalue weighted by Gasteiger charge is 2.22. The lowest BCUT2D eigenvalue weighted by atomic mass is 10.0. The molecule has 5 nitrogen and oxygen atoms in total. The number of hydrogen-bond donors (Lipinski definition) is 0. The highest BCUT2D eigenvalue weighted by Crippen LogP contribution is 2.42. The Kier molecular flexibility index (Phi) is 11.7. The van der Waals surface area contributed by atoms with Crippen LogP contribution in [0.4, 0.5) is 0 Å². The Hall–Kier alpha value is -10.4. The number of benzene rings is 12. The van der Waals surface area contributed by atoms with Crippen molar-refractivity contribution in [3.05, 3.63) is 319 Å². The number of rotatable bonds is 5. The second-order valence-corrected chi connectivity index (χ2v) is 22.3. The van der Waals surface area contributed by atoms with E-state index in [1.165, 1.54) is 121 Å². The summed E-state index contributed by atoms with van der Waals surface area (Å²) >= 11 is 3.56. The molecule has 0 saturated carbocycles. The topological polar surface area (TPSA) is 24.6 Å². The number of nitrogens with zero attached hydrogens (tertiary/aromatic N) is 5. The minimum atomic E-state index is 1.04. The van der Waals surface area contributed by atoms with Gasteiger partial charge in [0, 0.05) is 88.4 Å². The molecule has 0 N–H and O–H groups in total. The van der Waals surface area contributed by atoms with Crippen LogP contribution in [0.5, 0.6) is 0 Å². The zero-order valence-corrected chi connectivity index (χ0v) is 46.8. The third-order valence-electron chi connectivity index (χ3n) is 16.8. The summed E-state index contributed by atoms with van der Waals surface area (Å²) in [6, 6.07) is 104. The molecule has 12 aromatic carbocycles. The first-order valence-corrected chi connectivity index (χ1v) is 29.1. The highest BCUT2D eigenvalue weighted by molar-refractivity contribution is 9.10. The Labute approximate surface area is 488 Å². The Morgan fingerprint density at radius 2 is 0.663 bits per heavy atom. The number of aromatic nitrogens is 5. The van der Waals surface area contributed by atoms with Crippen LogP contribution in [0.25, 0.3) is 127 Å². The van der Waals surface area contributed by atoms with Crippen LogP contribution in [0.3, 0.4) is 0 Å². The Balaban J connectivity index is 0.000000113. The molecule has 0 spiro atoms. The van der Waals surface area contributed by atoms with Crippen LogP contribution in [0.1, 0.15) is 11.1 Å². The maximum absolute atomic E-state index is 3.56. The van der Waals surface area contributed by atoms with Crippen molar-refractivity contribution in [2.45, 2.75) is 6.42 Å². The minimum Gasteiger partial charge on any atom is -0.317 e. The van der Waals surface area contributed by atoms with Crippen molar-refractivity contribution in [1.29, 1.82) is 0 Å². The van der Waals surface area contributed by atoms with Gasteiger partial charge in [0.05, 0.1) is 44.1 Å². The van der Waals surface area contributed by atoms with Crippen LogP contribution in [-0.4, -0.2) is 22.8 Å². The molecule has 0 amide bonds. The fourth-order valence-corrected chi connectivity index (χ4v) is 13.6. The first-order chi connectivity index (χ1) is 41.1. The van der Waals surface area contributed by atoms with Crippen LogP contribution in [0.2, 0.25) is 0 Å². The van der Waals surface area contributed by atoms with Crippen LogP contribution < -0.4 is 0 Å². The summed E-state index contributed by atoms with van der Waals surface area (Å²) in [7, 11) is 0. The molecular weight excluding hydrogens is 1070 g/mol. The lowest BCUT2D eigenvalue weighted by Gasteiger charge is -2.13. The Bertz CT molecular complexity index is 5220. The summed E-state index contributed by atoms with van der Waals surface area (Å²) in [4.78, 5) is 0. The number of para-hydroxylation sites is 7. The molecule has 5 heterocycles. The van der Waals surface area contributed by atoms with E-state index < -0.39 is 0 Å². The molecule has 6 heteroatoms. The smallest absolute Gasteiger partial charge is 0.0635 e. The third kappa shape index (κ3) is 8.05. The second-order valence-electron chi connectivity index (χ2n) is 21.4. The summed E-state index contributed by atoms with van der Waals surface area (Å²) in [5.74, 6) is 0. The molecule has 17 aromatic rings. The second kappa shape index (κ2) is 20.0. The monoisotopic (exact) mass is 1130 g/mol. The molecular formula is C77H52BrN5. The standard InChI is InChI=1S/C38H25N3.C21H15N.C18H12BrN/c1-2-11-26(12-3-1)39-24-23-33-34(39)22-21-32-31-17-6-9-20-37(31)41(38(32)33)28-14-10-13-27(25-28)40-35-18-7-4-15-29(35)30-16-5-8-19-36(30)40;1-2-7-16(8-3-1)22-13-12-19-20-14-15-6-4-5-9-17(15)18(20)10-11-21(19)22;19-13-6-5-7-14(12-13)20-17-10-3-1-8-15(17)16-9-2-4-11-18(16)20/h1-25H;1-13H,14H2;1-12H. The molecule has 0 atom stereocenters. The van der Waals surface area contributed by atoms with Crippen molar-refractivity contribution in [2.75, 3.05) is 0 Å². The molecule has 0 saturated heterocycles. The van der Waals surface area contributed by atoms with Crippen LogP contribution >= 0.6 is 15.9 Å².